The van der Waals surface area contributed by atoms with Crippen LogP contribution >= 0.6 is 0 Å². The highest BCUT2D eigenvalue weighted by atomic mass is 15.4. The van der Waals surface area contributed by atoms with Crippen molar-refractivity contribution < 1.29 is 0 Å². The first-order chi connectivity index (χ1) is 6.52. The summed E-state index contributed by atoms with van der Waals surface area (Å²) in [5.74, 6) is 0. The Morgan fingerprint density at radius 2 is 1.60 bits per heavy atom. The lowest BCUT2D eigenvalue weighted by Crippen LogP contribution is -2.27. The summed E-state index contributed by atoms with van der Waals surface area (Å²) in [6.07, 6.45) is 0. The Bertz CT molecular complexity index is 315. The maximum Gasteiger partial charge on any atom is 0.0510 e. The first kappa shape index (κ1) is 12.3. The standard InChI is InChI=1S/C13H19N.B/c1-10-12(14(10)13(2,3)4)11-8-6-5-7-9-11;/h5-10,12H,1-4H3;/t10-,12-,14?;/m1./s1. The molecule has 1 aliphatic heterocycles. The summed E-state index contributed by atoms with van der Waals surface area (Å²) in [5.41, 5.74) is 1.75. The minimum atomic E-state index is 0. The van der Waals surface area contributed by atoms with Gasteiger partial charge >= 0.3 is 0 Å². The number of nitrogens with zero attached hydrogens (tertiary/aromatic N) is 1. The number of hydrogen-bond donors (Lipinski definition) is 0. The van der Waals surface area contributed by atoms with Crippen molar-refractivity contribution in [3.05, 3.63) is 35.9 Å². The summed E-state index contributed by atoms with van der Waals surface area (Å²) in [6.45, 7) is 9.16. The monoisotopic (exact) mass is 200 g/mol. The molecule has 1 fully saturated rings. The zero-order chi connectivity index (χ0) is 10.3. The first-order valence-corrected chi connectivity index (χ1v) is 5.35. The second-order valence-electron chi connectivity index (χ2n) is 5.17. The molecule has 0 saturated carbocycles. The molecule has 1 saturated heterocycles. The average Bonchev–Trinajstić information content (AvgIpc) is 2.78. The fourth-order valence-corrected chi connectivity index (χ4v) is 2.47. The van der Waals surface area contributed by atoms with E-state index < -0.39 is 0 Å². The van der Waals surface area contributed by atoms with Gasteiger partial charge in [0, 0.05) is 20.0 Å². The van der Waals surface area contributed by atoms with Gasteiger partial charge in [-0.2, -0.15) is 0 Å². The minimum absolute atomic E-state index is 0. The van der Waals surface area contributed by atoms with Crippen LogP contribution in [0.5, 0.6) is 0 Å². The van der Waals surface area contributed by atoms with E-state index >= 15 is 0 Å². The Hall–Kier alpha value is -0.755. The maximum absolute atomic E-state index is 2.56. The van der Waals surface area contributed by atoms with Gasteiger partial charge in [0.1, 0.15) is 0 Å². The molecule has 3 radical (unpaired) electrons. The molecule has 0 N–H and O–H groups in total. The van der Waals surface area contributed by atoms with Gasteiger partial charge < -0.3 is 0 Å². The Balaban J connectivity index is 0.00000112. The lowest BCUT2D eigenvalue weighted by Gasteiger charge is -2.22. The van der Waals surface area contributed by atoms with E-state index in [1.807, 2.05) is 0 Å². The molecule has 79 valence electrons. The van der Waals surface area contributed by atoms with Gasteiger partial charge in [0.15, 0.2) is 0 Å². The van der Waals surface area contributed by atoms with Crippen molar-refractivity contribution in [1.29, 1.82) is 0 Å². The van der Waals surface area contributed by atoms with Gasteiger partial charge in [0.2, 0.25) is 0 Å². The van der Waals surface area contributed by atoms with Gasteiger partial charge in [-0.3, -0.25) is 4.90 Å². The Morgan fingerprint density at radius 3 is 2.00 bits per heavy atom. The highest BCUT2D eigenvalue weighted by Crippen LogP contribution is 2.47. The molecule has 1 aromatic carbocycles. The smallest absolute Gasteiger partial charge is 0.0510 e. The van der Waals surface area contributed by atoms with E-state index in [1.165, 1.54) is 5.56 Å². The summed E-state index contributed by atoms with van der Waals surface area (Å²) in [5, 5.41) is 0. The number of hydrogen-bond acceptors (Lipinski definition) is 1. The SMILES string of the molecule is C[C@@H]1[C@H](c2ccccc2)N1C(C)(C)C.[B]. The van der Waals surface area contributed by atoms with Gasteiger partial charge in [-0.1, -0.05) is 30.3 Å². The second-order valence-corrected chi connectivity index (χ2v) is 5.17. The average molecular weight is 200 g/mol. The molecule has 1 aromatic rings. The van der Waals surface area contributed by atoms with Crippen LogP contribution in [0.25, 0.3) is 0 Å². The molecule has 0 bridgehead atoms. The zero-order valence-corrected chi connectivity index (χ0v) is 10.1. The van der Waals surface area contributed by atoms with E-state index in [1.54, 1.807) is 0 Å². The fraction of sp³-hybridized carbons (Fsp3) is 0.538. The predicted molar refractivity (Wildman–Crippen MR) is 66.0 cm³/mol. The number of benzene rings is 1. The molecule has 2 heteroatoms. The molecular formula is C13H19BN. The Morgan fingerprint density at radius 1 is 1.07 bits per heavy atom. The van der Waals surface area contributed by atoms with Crippen molar-refractivity contribution in [2.45, 2.75) is 45.3 Å². The van der Waals surface area contributed by atoms with Gasteiger partial charge in [-0.25, -0.2) is 0 Å². The molecule has 0 aromatic heterocycles. The predicted octanol–water partition coefficient (Wildman–Crippen LogP) is 2.85. The molecule has 0 amide bonds. The van der Waals surface area contributed by atoms with E-state index in [-0.39, 0.29) is 8.41 Å². The van der Waals surface area contributed by atoms with E-state index in [4.69, 9.17) is 0 Å². The minimum Gasteiger partial charge on any atom is -0.285 e. The van der Waals surface area contributed by atoms with Crippen molar-refractivity contribution in [3.63, 3.8) is 0 Å². The molecule has 1 nitrogen and oxygen atoms in total. The topological polar surface area (TPSA) is 3.01 Å². The Labute approximate surface area is 95.1 Å². The van der Waals surface area contributed by atoms with Crippen LogP contribution < -0.4 is 0 Å². The van der Waals surface area contributed by atoms with Crippen molar-refractivity contribution in [1.82, 2.24) is 4.90 Å². The molecule has 1 heterocycles. The summed E-state index contributed by atoms with van der Waals surface area (Å²) >= 11 is 0. The first-order valence-electron chi connectivity index (χ1n) is 5.35. The van der Waals surface area contributed by atoms with Crippen LogP contribution in [0.4, 0.5) is 0 Å². The quantitative estimate of drug-likeness (QED) is 0.497. The second kappa shape index (κ2) is 4.01. The molecule has 0 aliphatic carbocycles. The highest BCUT2D eigenvalue weighted by molar-refractivity contribution is 5.75. The third kappa shape index (κ3) is 2.26. The van der Waals surface area contributed by atoms with Gasteiger partial charge in [0.05, 0.1) is 6.04 Å². The summed E-state index contributed by atoms with van der Waals surface area (Å²) in [7, 11) is 0. The third-order valence-electron chi connectivity index (χ3n) is 3.02. The zero-order valence-electron chi connectivity index (χ0n) is 10.1. The van der Waals surface area contributed by atoms with Crippen molar-refractivity contribution in [2.75, 3.05) is 0 Å². The van der Waals surface area contributed by atoms with Crippen LogP contribution in [-0.2, 0) is 0 Å². The number of rotatable bonds is 1. The molecule has 3 atom stereocenters. The van der Waals surface area contributed by atoms with E-state index in [0.29, 0.717) is 17.6 Å². The van der Waals surface area contributed by atoms with E-state index in [9.17, 15) is 0 Å². The molecule has 1 unspecified atom stereocenters. The van der Waals surface area contributed by atoms with Crippen LogP contribution in [0.15, 0.2) is 30.3 Å². The molecular weight excluding hydrogens is 181 g/mol. The van der Waals surface area contributed by atoms with Crippen molar-refractivity contribution in [3.8, 4) is 0 Å². The van der Waals surface area contributed by atoms with Crippen LogP contribution in [0, 0.1) is 0 Å². The van der Waals surface area contributed by atoms with Crippen LogP contribution in [0.2, 0.25) is 0 Å². The maximum atomic E-state index is 2.56. The van der Waals surface area contributed by atoms with Crippen LogP contribution in [0.1, 0.15) is 39.3 Å². The normalized spacial score (nSPS) is 29.5. The largest absolute Gasteiger partial charge is 0.285 e. The van der Waals surface area contributed by atoms with Gasteiger partial charge in [-0.15, -0.1) is 0 Å². The van der Waals surface area contributed by atoms with E-state index in [0.717, 1.165) is 0 Å². The third-order valence-corrected chi connectivity index (χ3v) is 3.02. The lowest BCUT2D eigenvalue weighted by molar-refractivity contribution is 0.273. The summed E-state index contributed by atoms with van der Waals surface area (Å²) in [4.78, 5) is 2.56. The molecule has 15 heavy (non-hydrogen) atoms. The molecule has 2 rings (SSSR count). The summed E-state index contributed by atoms with van der Waals surface area (Å²) < 4.78 is 0. The van der Waals surface area contributed by atoms with Gasteiger partial charge in [0.25, 0.3) is 0 Å². The Kier molecular flexibility index (Phi) is 3.29. The van der Waals surface area contributed by atoms with Crippen LogP contribution in [-0.4, -0.2) is 24.9 Å². The molecule has 0 spiro atoms. The fourth-order valence-electron chi connectivity index (χ4n) is 2.47. The van der Waals surface area contributed by atoms with Crippen molar-refractivity contribution >= 4 is 8.41 Å². The van der Waals surface area contributed by atoms with E-state index in [2.05, 4.69) is 62.9 Å². The van der Waals surface area contributed by atoms with Crippen molar-refractivity contribution in [2.24, 2.45) is 0 Å². The lowest BCUT2D eigenvalue weighted by atomic mass is 10.1. The highest BCUT2D eigenvalue weighted by Gasteiger charge is 2.50. The van der Waals surface area contributed by atoms with Crippen LogP contribution in [0.3, 0.4) is 0 Å². The summed E-state index contributed by atoms with van der Waals surface area (Å²) in [6, 6.07) is 12.1. The molecule has 1 aliphatic rings. The van der Waals surface area contributed by atoms with Gasteiger partial charge in [-0.05, 0) is 33.3 Å².